The normalized spacial score (nSPS) is 11.7. The molecule has 3 rings (SSSR count). The van der Waals surface area contributed by atoms with Gasteiger partial charge in [-0.15, -0.1) is 0 Å². The van der Waals surface area contributed by atoms with Crippen LogP contribution >= 0.6 is 23.4 Å². The fourth-order valence-corrected chi connectivity index (χ4v) is 4.10. The molecule has 0 bridgehead atoms. The van der Waals surface area contributed by atoms with E-state index in [0.29, 0.717) is 12.6 Å². The summed E-state index contributed by atoms with van der Waals surface area (Å²) >= 11 is 7.66. The number of rotatable bonds is 8. The maximum atomic E-state index is 6.01. The molecule has 1 unspecified atom stereocenters. The number of nitrogens with one attached hydrogen (secondary N) is 1. The van der Waals surface area contributed by atoms with Gasteiger partial charge in [-0.25, -0.2) is 0 Å². The number of ether oxygens (including phenoxy) is 1. The Morgan fingerprint density at radius 1 is 1.25 bits per heavy atom. The number of hydrogen-bond acceptors (Lipinski definition) is 5. The average Bonchev–Trinajstić information content (AvgIpc) is 2.69. The summed E-state index contributed by atoms with van der Waals surface area (Å²) in [5.41, 5.74) is 7.56. The predicted octanol–water partition coefficient (Wildman–Crippen LogP) is 4.76. The van der Waals surface area contributed by atoms with E-state index in [1.807, 2.05) is 42.6 Å². The highest BCUT2D eigenvalue weighted by atomic mass is 35.5. The molecule has 1 atom stereocenters. The van der Waals surface area contributed by atoms with Crippen LogP contribution in [0, 0.1) is 0 Å². The van der Waals surface area contributed by atoms with Crippen molar-refractivity contribution in [1.29, 1.82) is 0 Å². The van der Waals surface area contributed by atoms with Crippen LogP contribution in [-0.4, -0.2) is 30.2 Å². The number of hydrogen-bond donors (Lipinski definition) is 2. The largest absolute Gasteiger partial charge is 0.495 e. The van der Waals surface area contributed by atoms with Crippen LogP contribution in [0.15, 0.2) is 58.5 Å². The van der Waals surface area contributed by atoms with Crippen LogP contribution in [0.5, 0.6) is 5.75 Å². The highest BCUT2D eigenvalue weighted by Crippen LogP contribution is 2.43. The summed E-state index contributed by atoms with van der Waals surface area (Å²) in [6.45, 7) is 2.86. The molecule has 0 aliphatic carbocycles. The number of benzene rings is 2. The minimum Gasteiger partial charge on any atom is -0.495 e. The van der Waals surface area contributed by atoms with Gasteiger partial charge in [-0.2, -0.15) is 0 Å². The molecule has 0 aliphatic rings. The first-order valence-electron chi connectivity index (χ1n) is 8.98. The number of halogens is 1. The van der Waals surface area contributed by atoms with Gasteiger partial charge in [-0.05, 0) is 62.7 Å². The van der Waals surface area contributed by atoms with Gasteiger partial charge in [0.1, 0.15) is 5.75 Å². The first-order chi connectivity index (χ1) is 13.1. The Bertz CT molecular complexity index is 906. The zero-order valence-corrected chi connectivity index (χ0v) is 17.6. The molecule has 0 radical (unpaired) electrons. The number of nitrogens with zero attached hydrogens (tertiary/aromatic N) is 1. The van der Waals surface area contributed by atoms with Gasteiger partial charge in [0, 0.05) is 33.6 Å². The van der Waals surface area contributed by atoms with Crippen LogP contribution < -0.4 is 15.8 Å². The summed E-state index contributed by atoms with van der Waals surface area (Å²) in [7, 11) is 1.70. The van der Waals surface area contributed by atoms with Crippen LogP contribution in [0.1, 0.15) is 19.8 Å². The molecule has 1 aromatic heterocycles. The zero-order valence-electron chi connectivity index (χ0n) is 16.0. The molecule has 0 spiro atoms. The zero-order chi connectivity index (χ0) is 19.2. The van der Waals surface area contributed by atoms with Gasteiger partial charge in [-0.3, -0.25) is 4.98 Å². The summed E-state index contributed by atoms with van der Waals surface area (Å²) in [6, 6.07) is 14.2. The Morgan fingerprint density at radius 3 is 2.68 bits per heavy atom. The van der Waals surface area contributed by atoms with E-state index in [1.165, 1.54) is 0 Å². The summed E-state index contributed by atoms with van der Waals surface area (Å²) in [6.07, 6.45) is 3.82. The van der Waals surface area contributed by atoms with E-state index in [1.54, 1.807) is 18.9 Å². The van der Waals surface area contributed by atoms with E-state index in [9.17, 15) is 0 Å². The van der Waals surface area contributed by atoms with E-state index in [-0.39, 0.29) is 5.48 Å². The third kappa shape index (κ3) is 5.29. The lowest BCUT2D eigenvalue weighted by Crippen LogP contribution is -2.17. The maximum Gasteiger partial charge on any atom is 0.135 e. The van der Waals surface area contributed by atoms with Gasteiger partial charge in [0.15, 0.2) is 0 Å². The summed E-state index contributed by atoms with van der Waals surface area (Å²) < 4.78 is 5.72. The van der Waals surface area contributed by atoms with Gasteiger partial charge in [-0.1, -0.05) is 23.4 Å². The monoisotopic (exact) mass is 419 g/mol. The lowest BCUT2D eigenvalue weighted by Gasteiger charge is -2.19. The Labute approximate surface area is 174 Å². The molecule has 5 nitrogen and oxygen atoms in total. The standard InChI is InChI=1S/C21H24ClN3OS.H2O/c1-14(5-3-11-23)25-18-13-19(26-2)21(17-6-4-12-24-20(17)18)27-16-9-7-15(22)8-10-16;/h4,6-10,12-14,25H,3,5,11,23H2,1-2H3;1H2. The van der Waals surface area contributed by atoms with Crippen molar-refractivity contribution in [2.75, 3.05) is 19.0 Å². The fraction of sp³-hybridized carbons (Fsp3) is 0.286. The van der Waals surface area contributed by atoms with E-state index in [4.69, 9.17) is 22.1 Å². The highest BCUT2D eigenvalue weighted by molar-refractivity contribution is 7.99. The number of pyridine rings is 1. The third-order valence-electron chi connectivity index (χ3n) is 4.30. The van der Waals surface area contributed by atoms with Crippen LogP contribution in [0.3, 0.4) is 0 Å². The molecule has 2 aromatic carbocycles. The van der Waals surface area contributed by atoms with Crippen molar-refractivity contribution in [3.05, 3.63) is 53.7 Å². The summed E-state index contributed by atoms with van der Waals surface area (Å²) in [5.74, 6) is 0.823. The van der Waals surface area contributed by atoms with Gasteiger partial charge in [0.05, 0.1) is 23.2 Å². The molecule has 0 aliphatic heterocycles. The smallest absolute Gasteiger partial charge is 0.135 e. The molecule has 0 saturated heterocycles. The lowest BCUT2D eigenvalue weighted by atomic mass is 10.1. The minimum absolute atomic E-state index is 0. The molecular weight excluding hydrogens is 394 g/mol. The topological polar surface area (TPSA) is 91.7 Å². The van der Waals surface area contributed by atoms with E-state index in [2.05, 4.69) is 23.3 Å². The molecule has 0 amide bonds. The first kappa shape index (κ1) is 22.3. The fourth-order valence-electron chi connectivity index (χ4n) is 2.95. The quantitative estimate of drug-likeness (QED) is 0.549. The molecule has 150 valence electrons. The van der Waals surface area contributed by atoms with Crippen LogP contribution in [-0.2, 0) is 0 Å². The third-order valence-corrected chi connectivity index (χ3v) is 5.69. The molecular formula is C21H26ClN3O2S. The van der Waals surface area contributed by atoms with E-state index < -0.39 is 0 Å². The second kappa shape index (κ2) is 10.5. The van der Waals surface area contributed by atoms with Gasteiger partial charge in [0.2, 0.25) is 0 Å². The summed E-state index contributed by atoms with van der Waals surface area (Å²) in [4.78, 5) is 6.77. The van der Waals surface area contributed by atoms with Gasteiger partial charge in [0.25, 0.3) is 0 Å². The molecule has 28 heavy (non-hydrogen) atoms. The Morgan fingerprint density at radius 2 is 2.00 bits per heavy atom. The SMILES string of the molecule is COc1cc(NC(C)CCCN)c2ncccc2c1Sc1ccc(Cl)cc1.O. The molecule has 3 aromatic rings. The second-order valence-electron chi connectivity index (χ2n) is 6.39. The lowest BCUT2D eigenvalue weighted by molar-refractivity contribution is 0.406. The van der Waals surface area contributed by atoms with Crippen molar-refractivity contribution in [2.24, 2.45) is 5.73 Å². The van der Waals surface area contributed by atoms with Crippen LogP contribution in [0.4, 0.5) is 5.69 Å². The molecule has 0 saturated carbocycles. The van der Waals surface area contributed by atoms with Crippen molar-refractivity contribution in [1.82, 2.24) is 4.98 Å². The molecule has 7 heteroatoms. The molecule has 5 N–H and O–H groups in total. The highest BCUT2D eigenvalue weighted by Gasteiger charge is 2.16. The van der Waals surface area contributed by atoms with Crippen molar-refractivity contribution in [3.63, 3.8) is 0 Å². The van der Waals surface area contributed by atoms with E-state index >= 15 is 0 Å². The summed E-state index contributed by atoms with van der Waals surface area (Å²) in [5, 5.41) is 5.35. The Kier molecular flexibility index (Phi) is 8.38. The van der Waals surface area contributed by atoms with Crippen LogP contribution in [0.2, 0.25) is 5.02 Å². The van der Waals surface area contributed by atoms with Crippen molar-refractivity contribution in [3.8, 4) is 5.75 Å². The Hall–Kier alpha value is -1.99. The van der Waals surface area contributed by atoms with Gasteiger partial charge >= 0.3 is 0 Å². The van der Waals surface area contributed by atoms with E-state index in [0.717, 1.165) is 50.0 Å². The number of anilines is 1. The second-order valence-corrected chi connectivity index (χ2v) is 7.91. The average molecular weight is 420 g/mol. The molecule has 1 heterocycles. The minimum atomic E-state index is 0. The van der Waals surface area contributed by atoms with Crippen molar-refractivity contribution in [2.45, 2.75) is 35.6 Å². The number of nitrogens with two attached hydrogens (primary N) is 1. The predicted molar refractivity (Wildman–Crippen MR) is 119 cm³/mol. The van der Waals surface area contributed by atoms with Crippen LogP contribution in [0.25, 0.3) is 10.9 Å². The van der Waals surface area contributed by atoms with Crippen molar-refractivity contribution >= 4 is 40.0 Å². The van der Waals surface area contributed by atoms with Gasteiger partial charge < -0.3 is 21.3 Å². The Balaban J connectivity index is 0.00000280. The first-order valence-corrected chi connectivity index (χ1v) is 10.2. The maximum absolute atomic E-state index is 6.01. The number of fused-ring (bicyclic) bond motifs is 1. The van der Waals surface area contributed by atoms with Crippen molar-refractivity contribution < 1.29 is 10.2 Å². The number of aromatic nitrogens is 1. The number of methoxy groups -OCH3 is 1. The molecule has 0 fully saturated rings.